The molecule has 5 heteroatoms. The first-order valence-corrected chi connectivity index (χ1v) is 6.62. The standard InChI is InChI=1S/C13H24N4O/c1-13(18,12-2-4-15-10-12)11-17-8-6-16(5-3-14)7-9-17/h2,4,10,15,18H,3,5-9,11,14H2,1H3. The Kier molecular flexibility index (Phi) is 4.40. The number of aliphatic hydroxyl groups is 1. The second-order valence-corrected chi connectivity index (χ2v) is 5.28. The van der Waals surface area contributed by atoms with Gasteiger partial charge in [-0.3, -0.25) is 9.80 Å². The number of aromatic amines is 1. The van der Waals surface area contributed by atoms with Crippen LogP contribution in [0.1, 0.15) is 12.5 Å². The van der Waals surface area contributed by atoms with E-state index in [1.807, 2.05) is 25.4 Å². The molecule has 2 rings (SSSR count). The number of nitrogens with one attached hydrogen (secondary N) is 1. The van der Waals surface area contributed by atoms with E-state index in [9.17, 15) is 5.11 Å². The van der Waals surface area contributed by atoms with E-state index in [1.165, 1.54) is 0 Å². The number of rotatable bonds is 5. The van der Waals surface area contributed by atoms with Gasteiger partial charge in [-0.25, -0.2) is 0 Å². The summed E-state index contributed by atoms with van der Waals surface area (Å²) in [6.07, 6.45) is 3.72. The molecule has 0 saturated carbocycles. The predicted octanol–water partition coefficient (Wildman–Crippen LogP) is -0.201. The third kappa shape index (κ3) is 3.32. The minimum Gasteiger partial charge on any atom is -0.384 e. The maximum atomic E-state index is 10.5. The van der Waals surface area contributed by atoms with Crippen molar-refractivity contribution in [1.82, 2.24) is 14.8 Å². The molecule has 4 N–H and O–H groups in total. The summed E-state index contributed by atoms with van der Waals surface area (Å²) in [5, 5.41) is 10.5. The maximum Gasteiger partial charge on any atom is 0.101 e. The molecule has 0 aliphatic carbocycles. The highest BCUT2D eigenvalue weighted by Gasteiger charge is 2.28. The summed E-state index contributed by atoms with van der Waals surface area (Å²) in [7, 11) is 0. The van der Waals surface area contributed by atoms with Gasteiger partial charge in [-0.2, -0.15) is 0 Å². The van der Waals surface area contributed by atoms with E-state index < -0.39 is 5.60 Å². The van der Waals surface area contributed by atoms with Crippen LogP contribution < -0.4 is 5.73 Å². The molecule has 0 bridgehead atoms. The molecule has 0 amide bonds. The Balaban J connectivity index is 1.84. The van der Waals surface area contributed by atoms with Gasteiger partial charge in [-0.05, 0) is 13.0 Å². The second kappa shape index (κ2) is 5.84. The van der Waals surface area contributed by atoms with Crippen LogP contribution in [0.5, 0.6) is 0 Å². The van der Waals surface area contributed by atoms with Crippen LogP contribution in [-0.4, -0.2) is 65.7 Å². The number of hydrogen-bond donors (Lipinski definition) is 3. The van der Waals surface area contributed by atoms with Crippen molar-refractivity contribution in [3.05, 3.63) is 24.0 Å². The summed E-state index contributed by atoms with van der Waals surface area (Å²) in [4.78, 5) is 7.69. The van der Waals surface area contributed by atoms with Crippen molar-refractivity contribution < 1.29 is 5.11 Å². The third-order valence-corrected chi connectivity index (χ3v) is 3.66. The van der Waals surface area contributed by atoms with E-state index in [-0.39, 0.29) is 0 Å². The Morgan fingerprint density at radius 2 is 2.00 bits per heavy atom. The maximum absolute atomic E-state index is 10.5. The van der Waals surface area contributed by atoms with Crippen LogP contribution >= 0.6 is 0 Å². The normalized spacial score (nSPS) is 21.9. The van der Waals surface area contributed by atoms with E-state index in [0.717, 1.165) is 44.8 Å². The molecule has 5 nitrogen and oxygen atoms in total. The van der Waals surface area contributed by atoms with Gasteiger partial charge in [-0.1, -0.05) is 0 Å². The molecule has 1 aromatic heterocycles. The van der Waals surface area contributed by atoms with Crippen LogP contribution in [0.3, 0.4) is 0 Å². The van der Waals surface area contributed by atoms with Gasteiger partial charge in [-0.15, -0.1) is 0 Å². The minimum absolute atomic E-state index is 0.682. The minimum atomic E-state index is -0.782. The van der Waals surface area contributed by atoms with Crippen molar-refractivity contribution in [3.8, 4) is 0 Å². The molecule has 0 aromatic carbocycles. The van der Waals surface area contributed by atoms with Crippen LogP contribution in [0.25, 0.3) is 0 Å². The average Bonchev–Trinajstić information content (AvgIpc) is 2.86. The van der Waals surface area contributed by atoms with Gasteiger partial charge in [0.1, 0.15) is 5.60 Å². The fourth-order valence-electron chi connectivity index (χ4n) is 2.54. The van der Waals surface area contributed by atoms with Crippen LogP contribution in [0.2, 0.25) is 0 Å². The monoisotopic (exact) mass is 252 g/mol. The van der Waals surface area contributed by atoms with Crippen LogP contribution in [-0.2, 0) is 5.60 Å². The summed E-state index contributed by atoms with van der Waals surface area (Å²) in [6.45, 7) is 8.34. The Morgan fingerprint density at radius 3 is 2.56 bits per heavy atom. The van der Waals surface area contributed by atoms with E-state index in [4.69, 9.17) is 5.73 Å². The van der Waals surface area contributed by atoms with Gasteiger partial charge in [0.25, 0.3) is 0 Å². The molecule has 1 aromatic rings. The number of aromatic nitrogens is 1. The Hall–Kier alpha value is -0.880. The van der Waals surface area contributed by atoms with Crippen molar-refractivity contribution in [2.24, 2.45) is 5.73 Å². The third-order valence-electron chi connectivity index (χ3n) is 3.66. The lowest BCUT2D eigenvalue weighted by atomic mass is 9.98. The zero-order valence-corrected chi connectivity index (χ0v) is 11.1. The van der Waals surface area contributed by atoms with Gasteiger partial charge in [0.05, 0.1) is 0 Å². The van der Waals surface area contributed by atoms with E-state index >= 15 is 0 Å². The first-order valence-electron chi connectivity index (χ1n) is 6.62. The summed E-state index contributed by atoms with van der Waals surface area (Å²) in [5.41, 5.74) is 5.73. The highest BCUT2D eigenvalue weighted by atomic mass is 16.3. The lowest BCUT2D eigenvalue weighted by Gasteiger charge is -2.38. The molecule has 1 aliphatic heterocycles. The Morgan fingerprint density at radius 1 is 1.33 bits per heavy atom. The summed E-state index contributed by atoms with van der Waals surface area (Å²) in [6, 6.07) is 1.94. The molecule has 1 aliphatic rings. The fraction of sp³-hybridized carbons (Fsp3) is 0.692. The van der Waals surface area contributed by atoms with Gasteiger partial charge < -0.3 is 15.8 Å². The quantitative estimate of drug-likeness (QED) is 0.679. The lowest BCUT2D eigenvalue weighted by molar-refractivity contribution is 0.000943. The first-order chi connectivity index (χ1) is 8.62. The van der Waals surface area contributed by atoms with Gasteiger partial charge in [0.15, 0.2) is 0 Å². The number of piperazine rings is 1. The number of nitrogens with two attached hydrogens (primary N) is 1. The molecule has 1 unspecified atom stereocenters. The molecule has 1 saturated heterocycles. The van der Waals surface area contributed by atoms with Crippen molar-refractivity contribution in [3.63, 3.8) is 0 Å². The zero-order valence-electron chi connectivity index (χ0n) is 11.1. The van der Waals surface area contributed by atoms with E-state index in [0.29, 0.717) is 6.54 Å². The SMILES string of the molecule is CC(O)(CN1CCN(CCN)CC1)c1cc[nH]c1. The molecule has 1 atom stereocenters. The first kappa shape index (κ1) is 13.5. The molecule has 18 heavy (non-hydrogen) atoms. The highest BCUT2D eigenvalue weighted by molar-refractivity contribution is 5.17. The molecule has 2 heterocycles. The van der Waals surface area contributed by atoms with Crippen molar-refractivity contribution in [2.75, 3.05) is 45.8 Å². The van der Waals surface area contributed by atoms with Gasteiger partial charge in [0.2, 0.25) is 0 Å². The number of hydrogen-bond acceptors (Lipinski definition) is 4. The summed E-state index contributed by atoms with van der Waals surface area (Å²) in [5.74, 6) is 0. The predicted molar refractivity (Wildman–Crippen MR) is 72.3 cm³/mol. The van der Waals surface area contributed by atoms with Gasteiger partial charge in [0, 0.05) is 63.8 Å². The van der Waals surface area contributed by atoms with Crippen molar-refractivity contribution in [2.45, 2.75) is 12.5 Å². The molecule has 1 fully saturated rings. The molecule has 102 valence electrons. The molecule has 0 spiro atoms. The van der Waals surface area contributed by atoms with Gasteiger partial charge >= 0.3 is 0 Å². The second-order valence-electron chi connectivity index (χ2n) is 5.28. The topological polar surface area (TPSA) is 68.5 Å². The van der Waals surface area contributed by atoms with Crippen molar-refractivity contribution in [1.29, 1.82) is 0 Å². The molecular formula is C13H24N4O. The zero-order chi connectivity index (χ0) is 13.0. The van der Waals surface area contributed by atoms with E-state index in [1.54, 1.807) is 0 Å². The van der Waals surface area contributed by atoms with E-state index in [2.05, 4.69) is 14.8 Å². The number of H-pyrrole nitrogens is 1. The molecule has 0 radical (unpaired) electrons. The Bertz CT molecular complexity index is 342. The lowest BCUT2D eigenvalue weighted by Crippen LogP contribution is -2.51. The Labute approximate surface area is 109 Å². The van der Waals surface area contributed by atoms with Crippen LogP contribution in [0.15, 0.2) is 18.5 Å². The largest absolute Gasteiger partial charge is 0.384 e. The summed E-state index contributed by atoms with van der Waals surface area (Å²) >= 11 is 0. The highest BCUT2D eigenvalue weighted by Crippen LogP contribution is 2.21. The number of β-amino-alcohol motifs (C(OH)–C–C–N with tert-alkyl or cyclic N) is 1. The summed E-state index contributed by atoms with van der Waals surface area (Å²) < 4.78 is 0. The molecular weight excluding hydrogens is 228 g/mol. The van der Waals surface area contributed by atoms with Crippen LogP contribution in [0, 0.1) is 0 Å². The average molecular weight is 252 g/mol. The fourth-order valence-corrected chi connectivity index (χ4v) is 2.54. The number of nitrogens with zero attached hydrogens (tertiary/aromatic N) is 2. The smallest absolute Gasteiger partial charge is 0.101 e. The van der Waals surface area contributed by atoms with Crippen LogP contribution in [0.4, 0.5) is 0 Å². The van der Waals surface area contributed by atoms with Crippen molar-refractivity contribution >= 4 is 0 Å².